The van der Waals surface area contributed by atoms with Gasteiger partial charge < -0.3 is 0 Å². The van der Waals surface area contributed by atoms with Crippen LogP contribution < -0.4 is 21.8 Å². The van der Waals surface area contributed by atoms with Crippen LogP contribution in [0.25, 0.3) is 0 Å². The molecule has 4 aromatic rings. The Kier molecular flexibility index (Phi) is 8.87. The van der Waals surface area contributed by atoms with Gasteiger partial charge in [-0.1, -0.05) is 124 Å². The fraction of sp³-hybridized carbons (Fsp3) is 0.194. The van der Waals surface area contributed by atoms with Crippen molar-refractivity contribution in [1.29, 1.82) is 0 Å². The van der Waals surface area contributed by atoms with Gasteiger partial charge in [-0.25, -0.2) is 0 Å². The lowest BCUT2D eigenvalue weighted by Crippen LogP contribution is -2.52. The largest absolute Gasteiger partial charge is 0.278 e. The highest BCUT2D eigenvalue weighted by Crippen LogP contribution is 2.12. The number of hydrazone groups is 1. The molecule has 0 radical (unpaired) electrons. The van der Waals surface area contributed by atoms with Crippen molar-refractivity contribution in [1.82, 2.24) is 0 Å². The monoisotopic (exact) mass is 446 g/mol. The number of nitrogens with zero attached hydrogens (tertiary/aromatic N) is 1. The van der Waals surface area contributed by atoms with Gasteiger partial charge in [-0.2, -0.15) is 5.10 Å². The van der Waals surface area contributed by atoms with Gasteiger partial charge in [0.15, 0.2) is 0 Å². The lowest BCUT2D eigenvalue weighted by Gasteiger charge is -2.17. The van der Waals surface area contributed by atoms with Crippen molar-refractivity contribution >= 4 is 34.5 Å². The molecule has 0 aliphatic heterocycles. The highest BCUT2D eigenvalue weighted by molar-refractivity contribution is 6.95. The molecule has 0 unspecified atom stereocenters. The van der Waals surface area contributed by atoms with Crippen LogP contribution in [0.3, 0.4) is 0 Å². The van der Waals surface area contributed by atoms with E-state index in [0.717, 1.165) is 11.4 Å². The van der Waals surface area contributed by atoms with Crippen molar-refractivity contribution in [2.45, 2.75) is 41.5 Å². The number of hydrogen-bond acceptors (Lipinski definition) is 2. The van der Waals surface area contributed by atoms with E-state index in [2.05, 4.69) is 117 Å². The maximum Gasteiger partial charge on any atom is 0.241 e. The molecular weight excluding hydrogens is 411 g/mol. The molecule has 2 nitrogen and oxygen atoms in total. The van der Waals surface area contributed by atoms with Gasteiger partial charge in [0, 0.05) is 5.71 Å². The van der Waals surface area contributed by atoms with E-state index in [0.29, 0.717) is 6.71 Å². The number of nitrogens with one attached hydrogen (secondary N) is 1. The van der Waals surface area contributed by atoms with Crippen molar-refractivity contribution < 1.29 is 0 Å². The van der Waals surface area contributed by atoms with Gasteiger partial charge in [-0.3, -0.25) is 5.43 Å². The molecule has 0 aromatic heterocycles. The highest BCUT2D eigenvalue weighted by Gasteiger charge is 2.21. The Balaban J connectivity index is 0.000000229. The normalized spacial score (nSPS) is 10.1. The van der Waals surface area contributed by atoms with Crippen molar-refractivity contribution in [2.24, 2.45) is 5.10 Å². The summed E-state index contributed by atoms with van der Waals surface area (Å²) in [5, 5.41) is 4.12. The molecule has 0 amide bonds. The van der Waals surface area contributed by atoms with Gasteiger partial charge in [-0.05, 0) is 53.2 Å². The van der Waals surface area contributed by atoms with E-state index in [9.17, 15) is 0 Å². The molecule has 4 rings (SSSR count). The molecule has 4 aromatic carbocycles. The minimum absolute atomic E-state index is 0.291. The molecule has 0 aliphatic rings. The van der Waals surface area contributed by atoms with Gasteiger partial charge in [0.25, 0.3) is 0 Å². The number of para-hydroxylation sites is 1. The molecule has 1 N–H and O–H groups in total. The minimum atomic E-state index is 0.291. The Morgan fingerprint density at radius 1 is 0.588 bits per heavy atom. The number of aryl methyl sites for hydroxylation is 4. The number of anilines is 1. The summed E-state index contributed by atoms with van der Waals surface area (Å²) >= 11 is 0. The SMILES string of the molecule is CC(C)=NNc1ccccc1C.Cc1cccc(B(c2cccc(C)c2)c2cccc(C)c2)c1. The predicted octanol–water partition coefficient (Wildman–Crippen LogP) is 5.93. The Bertz CT molecular complexity index is 1150. The topological polar surface area (TPSA) is 24.4 Å². The maximum absolute atomic E-state index is 4.12. The Labute approximate surface area is 205 Å². The first-order chi connectivity index (χ1) is 16.3. The van der Waals surface area contributed by atoms with Gasteiger partial charge >= 0.3 is 0 Å². The van der Waals surface area contributed by atoms with E-state index in [1.54, 1.807) is 0 Å². The summed E-state index contributed by atoms with van der Waals surface area (Å²) in [5.41, 5.74) is 14.3. The molecule has 0 heterocycles. The molecule has 172 valence electrons. The van der Waals surface area contributed by atoms with E-state index < -0.39 is 0 Å². The summed E-state index contributed by atoms with van der Waals surface area (Å²) in [6, 6.07) is 34.7. The van der Waals surface area contributed by atoms with Crippen molar-refractivity contribution in [2.75, 3.05) is 5.43 Å². The van der Waals surface area contributed by atoms with Crippen LogP contribution in [0.1, 0.15) is 36.1 Å². The Morgan fingerprint density at radius 2 is 1.03 bits per heavy atom. The van der Waals surface area contributed by atoms with E-state index in [-0.39, 0.29) is 0 Å². The number of hydrogen-bond donors (Lipinski definition) is 1. The van der Waals surface area contributed by atoms with Crippen LogP contribution in [-0.2, 0) is 0 Å². The third kappa shape index (κ3) is 7.21. The smallest absolute Gasteiger partial charge is 0.241 e. The number of benzene rings is 4. The third-order valence-electron chi connectivity index (χ3n) is 5.67. The second kappa shape index (κ2) is 12.0. The summed E-state index contributed by atoms with van der Waals surface area (Å²) in [6.07, 6.45) is 0. The Morgan fingerprint density at radius 3 is 1.41 bits per heavy atom. The quantitative estimate of drug-likeness (QED) is 0.229. The van der Waals surface area contributed by atoms with E-state index in [1.165, 1.54) is 38.6 Å². The summed E-state index contributed by atoms with van der Waals surface area (Å²) in [6.45, 7) is 12.8. The highest BCUT2D eigenvalue weighted by atomic mass is 15.3. The van der Waals surface area contributed by atoms with Gasteiger partial charge in [0.1, 0.15) is 0 Å². The third-order valence-corrected chi connectivity index (χ3v) is 5.67. The van der Waals surface area contributed by atoms with E-state index >= 15 is 0 Å². The molecule has 34 heavy (non-hydrogen) atoms. The van der Waals surface area contributed by atoms with Crippen LogP contribution in [0.15, 0.2) is 102 Å². The van der Waals surface area contributed by atoms with Crippen molar-refractivity contribution in [3.8, 4) is 0 Å². The summed E-state index contributed by atoms with van der Waals surface area (Å²) < 4.78 is 0. The van der Waals surface area contributed by atoms with Crippen molar-refractivity contribution in [3.05, 3.63) is 119 Å². The number of rotatable bonds is 5. The van der Waals surface area contributed by atoms with E-state index in [4.69, 9.17) is 0 Å². The molecule has 0 spiro atoms. The average molecular weight is 446 g/mol. The van der Waals surface area contributed by atoms with Crippen LogP contribution in [0, 0.1) is 27.7 Å². The summed E-state index contributed by atoms with van der Waals surface area (Å²) in [4.78, 5) is 0. The first-order valence-electron chi connectivity index (χ1n) is 11.9. The molecular formula is C31H35BN2. The summed E-state index contributed by atoms with van der Waals surface area (Å²) in [7, 11) is 0. The lowest BCUT2D eigenvalue weighted by atomic mass is 9.36. The van der Waals surface area contributed by atoms with Gasteiger partial charge in [0.05, 0.1) is 5.69 Å². The first kappa shape index (κ1) is 25.0. The van der Waals surface area contributed by atoms with Gasteiger partial charge in [-0.15, -0.1) is 0 Å². The molecule has 0 saturated heterocycles. The zero-order chi connectivity index (χ0) is 24.5. The first-order valence-corrected chi connectivity index (χ1v) is 11.9. The Hall–Kier alpha value is -3.59. The van der Waals surface area contributed by atoms with Crippen LogP contribution in [0.2, 0.25) is 0 Å². The van der Waals surface area contributed by atoms with Crippen LogP contribution in [0.5, 0.6) is 0 Å². The van der Waals surface area contributed by atoms with Crippen LogP contribution >= 0.6 is 0 Å². The molecule has 0 aliphatic carbocycles. The van der Waals surface area contributed by atoms with Crippen molar-refractivity contribution in [3.63, 3.8) is 0 Å². The second-order valence-electron chi connectivity index (χ2n) is 9.16. The molecule has 0 fully saturated rings. The maximum atomic E-state index is 4.12. The average Bonchev–Trinajstić information content (AvgIpc) is 2.79. The minimum Gasteiger partial charge on any atom is -0.278 e. The zero-order valence-corrected chi connectivity index (χ0v) is 21.3. The summed E-state index contributed by atoms with van der Waals surface area (Å²) in [5.74, 6) is 0. The second-order valence-corrected chi connectivity index (χ2v) is 9.16. The fourth-order valence-corrected chi connectivity index (χ4v) is 4.00. The van der Waals surface area contributed by atoms with E-state index in [1.807, 2.05) is 32.0 Å². The standard InChI is InChI=1S/C21H21B.C10H14N2/c1-16-7-4-10-19(13-16)22(20-11-5-8-17(2)14-20)21-12-6-9-18(3)15-21;1-8(2)11-12-10-7-5-4-6-9(10)3/h4-15H,1-3H3;4-7,12H,1-3H3. The van der Waals surface area contributed by atoms with Crippen LogP contribution in [-0.4, -0.2) is 12.4 Å². The predicted molar refractivity (Wildman–Crippen MR) is 152 cm³/mol. The molecule has 0 bridgehead atoms. The lowest BCUT2D eigenvalue weighted by molar-refractivity contribution is 1.29. The van der Waals surface area contributed by atoms with Gasteiger partial charge in [0.2, 0.25) is 6.71 Å². The molecule has 0 saturated carbocycles. The molecule has 0 atom stereocenters. The van der Waals surface area contributed by atoms with Crippen LogP contribution in [0.4, 0.5) is 5.69 Å². The molecule has 3 heteroatoms. The zero-order valence-electron chi connectivity index (χ0n) is 21.3. The fourth-order valence-electron chi connectivity index (χ4n) is 4.00.